The highest BCUT2D eigenvalue weighted by Gasteiger charge is 2.54. The zero-order valence-corrected chi connectivity index (χ0v) is 8.54. The zero-order valence-electron chi connectivity index (χ0n) is 8.54. The van der Waals surface area contributed by atoms with Gasteiger partial charge in [0.05, 0.1) is 6.04 Å². The van der Waals surface area contributed by atoms with Gasteiger partial charge in [-0.25, -0.2) is 0 Å². The number of amides is 1. The normalized spacial score (nSPS) is 46.7. The number of fused-ring (bicyclic) bond motifs is 2. The third kappa shape index (κ3) is 1.20. The highest BCUT2D eigenvalue weighted by molar-refractivity contribution is 5.49. The minimum Gasteiger partial charge on any atom is -0.462 e. The van der Waals surface area contributed by atoms with Crippen LogP contribution in [-0.2, 0) is 14.3 Å². The molecule has 1 heterocycles. The molecule has 15 heavy (non-hydrogen) atoms. The number of hydrogen-bond acceptors (Lipinski definition) is 3. The van der Waals surface area contributed by atoms with E-state index in [1.54, 1.807) is 0 Å². The molecule has 0 radical (unpaired) electrons. The van der Waals surface area contributed by atoms with Crippen LogP contribution >= 0.6 is 0 Å². The van der Waals surface area contributed by atoms with E-state index in [0.29, 0.717) is 24.2 Å². The summed E-state index contributed by atoms with van der Waals surface area (Å²) in [6, 6.07) is 0.163. The summed E-state index contributed by atoms with van der Waals surface area (Å²) in [6.45, 7) is 1.40. The summed E-state index contributed by atoms with van der Waals surface area (Å²) < 4.78 is 5.20. The molecule has 3 aliphatic rings. The van der Waals surface area contributed by atoms with Crippen molar-refractivity contribution in [1.29, 1.82) is 0 Å². The fourth-order valence-corrected chi connectivity index (χ4v) is 4.03. The van der Waals surface area contributed by atoms with E-state index in [1.807, 2.05) is 4.90 Å². The zero-order chi connectivity index (χ0) is 10.4. The Morgan fingerprint density at radius 1 is 1.13 bits per heavy atom. The van der Waals surface area contributed by atoms with E-state index in [4.69, 9.17) is 4.74 Å². The fraction of sp³-hybridized carbons (Fsp3) is 0.818. The smallest absolute Gasteiger partial charge is 0.293 e. The number of nitrogens with zero attached hydrogens (tertiary/aromatic N) is 1. The third-order valence-corrected chi connectivity index (χ3v) is 4.36. The van der Waals surface area contributed by atoms with Gasteiger partial charge in [0, 0.05) is 6.54 Å². The molecule has 0 aromatic heterocycles. The van der Waals surface area contributed by atoms with Gasteiger partial charge < -0.3 is 9.64 Å². The van der Waals surface area contributed by atoms with E-state index < -0.39 is 0 Å². The monoisotopic (exact) mass is 209 g/mol. The van der Waals surface area contributed by atoms with Gasteiger partial charge in [0.1, 0.15) is 6.10 Å². The van der Waals surface area contributed by atoms with Crippen molar-refractivity contribution in [2.24, 2.45) is 17.8 Å². The second kappa shape index (κ2) is 3.22. The van der Waals surface area contributed by atoms with Crippen molar-refractivity contribution < 1.29 is 14.3 Å². The van der Waals surface area contributed by atoms with Crippen molar-refractivity contribution in [2.75, 3.05) is 6.54 Å². The molecule has 1 aliphatic heterocycles. The van der Waals surface area contributed by atoms with Gasteiger partial charge in [0.25, 0.3) is 6.47 Å². The topological polar surface area (TPSA) is 46.6 Å². The van der Waals surface area contributed by atoms with Crippen molar-refractivity contribution in [1.82, 2.24) is 4.90 Å². The molecule has 3 bridgehead atoms. The first-order chi connectivity index (χ1) is 7.33. The lowest BCUT2D eigenvalue weighted by atomic mass is 9.78. The maximum Gasteiger partial charge on any atom is 0.293 e. The molecule has 0 spiro atoms. The lowest BCUT2D eigenvalue weighted by molar-refractivity contribution is -0.141. The van der Waals surface area contributed by atoms with Crippen LogP contribution in [0.25, 0.3) is 0 Å². The molecule has 2 aliphatic carbocycles. The Morgan fingerprint density at radius 3 is 2.67 bits per heavy atom. The Morgan fingerprint density at radius 2 is 1.93 bits per heavy atom. The molecule has 1 saturated heterocycles. The van der Waals surface area contributed by atoms with Crippen LogP contribution < -0.4 is 0 Å². The van der Waals surface area contributed by atoms with Crippen LogP contribution in [0.15, 0.2) is 0 Å². The predicted molar refractivity (Wildman–Crippen MR) is 51.8 cm³/mol. The number of hydrogen-bond donors (Lipinski definition) is 0. The van der Waals surface area contributed by atoms with Gasteiger partial charge in [0.15, 0.2) is 0 Å². The first-order valence-electron chi connectivity index (χ1n) is 5.63. The van der Waals surface area contributed by atoms with E-state index in [2.05, 4.69) is 0 Å². The summed E-state index contributed by atoms with van der Waals surface area (Å²) >= 11 is 0. The second-order valence-corrected chi connectivity index (χ2v) is 5.08. The van der Waals surface area contributed by atoms with Gasteiger partial charge in [-0.1, -0.05) is 0 Å². The number of rotatable bonds is 3. The molecule has 5 unspecified atom stereocenters. The van der Waals surface area contributed by atoms with Crippen LogP contribution in [0.5, 0.6) is 0 Å². The van der Waals surface area contributed by atoms with Crippen LogP contribution in [0, 0.1) is 17.8 Å². The average Bonchev–Trinajstić information content (AvgIpc) is 2.42. The van der Waals surface area contributed by atoms with Gasteiger partial charge in [-0.2, -0.15) is 0 Å². The standard InChI is InChI=1S/C11H15NO3/c13-5-12-4-7-1-8-3-9(2-7)11(10(8)12)15-6-14/h5-11H,1-4H2. The molecule has 1 amide bonds. The minimum absolute atomic E-state index is 0.0369. The van der Waals surface area contributed by atoms with Gasteiger partial charge in [-0.05, 0) is 37.0 Å². The number of carbonyl (C=O) groups is 2. The largest absolute Gasteiger partial charge is 0.462 e. The lowest BCUT2D eigenvalue weighted by Gasteiger charge is -2.40. The van der Waals surface area contributed by atoms with E-state index in [1.165, 1.54) is 6.42 Å². The molecule has 2 saturated carbocycles. The highest BCUT2D eigenvalue weighted by atomic mass is 16.5. The summed E-state index contributed by atoms with van der Waals surface area (Å²) in [6.07, 6.45) is 4.35. The molecule has 0 aromatic rings. The quantitative estimate of drug-likeness (QED) is 0.633. The second-order valence-electron chi connectivity index (χ2n) is 5.08. The molecule has 4 heteroatoms. The van der Waals surface area contributed by atoms with E-state index >= 15 is 0 Å². The Balaban J connectivity index is 1.91. The Bertz CT molecular complexity index is 294. The van der Waals surface area contributed by atoms with E-state index in [-0.39, 0.29) is 12.1 Å². The Kier molecular flexibility index (Phi) is 1.97. The Hall–Kier alpha value is -1.06. The number of ether oxygens (including phenoxy) is 1. The fourth-order valence-electron chi connectivity index (χ4n) is 4.03. The van der Waals surface area contributed by atoms with Crippen LogP contribution in [0.1, 0.15) is 19.3 Å². The third-order valence-electron chi connectivity index (χ3n) is 4.36. The van der Waals surface area contributed by atoms with Gasteiger partial charge in [-0.3, -0.25) is 9.59 Å². The number of likely N-dealkylation sites (tertiary alicyclic amines) is 1. The van der Waals surface area contributed by atoms with Gasteiger partial charge in [0.2, 0.25) is 6.41 Å². The molecule has 0 aromatic carbocycles. The summed E-state index contributed by atoms with van der Waals surface area (Å²) in [5.74, 6) is 1.70. The maximum atomic E-state index is 11.0. The van der Waals surface area contributed by atoms with Crippen LogP contribution in [-0.4, -0.2) is 36.5 Å². The van der Waals surface area contributed by atoms with Gasteiger partial charge in [-0.15, -0.1) is 0 Å². The van der Waals surface area contributed by atoms with Gasteiger partial charge >= 0.3 is 0 Å². The van der Waals surface area contributed by atoms with Crippen molar-refractivity contribution in [3.05, 3.63) is 0 Å². The van der Waals surface area contributed by atoms with Crippen molar-refractivity contribution in [2.45, 2.75) is 31.4 Å². The highest BCUT2D eigenvalue weighted by Crippen LogP contribution is 2.51. The first-order valence-corrected chi connectivity index (χ1v) is 5.63. The summed E-state index contributed by atoms with van der Waals surface area (Å²) in [4.78, 5) is 23.4. The summed E-state index contributed by atoms with van der Waals surface area (Å²) in [5.41, 5.74) is 0. The molecule has 82 valence electrons. The Labute approximate surface area is 88.6 Å². The van der Waals surface area contributed by atoms with E-state index in [0.717, 1.165) is 25.8 Å². The predicted octanol–water partition coefficient (Wildman–Crippen LogP) is 0.415. The molecule has 3 rings (SSSR count). The van der Waals surface area contributed by atoms with Crippen molar-refractivity contribution in [3.63, 3.8) is 0 Å². The molecule has 3 fully saturated rings. The van der Waals surface area contributed by atoms with Crippen LogP contribution in [0.3, 0.4) is 0 Å². The maximum absolute atomic E-state index is 11.0. The van der Waals surface area contributed by atoms with Crippen molar-refractivity contribution in [3.8, 4) is 0 Å². The number of piperidine rings is 1. The van der Waals surface area contributed by atoms with Crippen LogP contribution in [0.4, 0.5) is 0 Å². The molecule has 4 nitrogen and oxygen atoms in total. The molecular formula is C11H15NO3. The molecule has 5 atom stereocenters. The van der Waals surface area contributed by atoms with Crippen LogP contribution in [0.2, 0.25) is 0 Å². The van der Waals surface area contributed by atoms with E-state index in [9.17, 15) is 9.59 Å². The SMILES string of the molecule is O=COC1C2CC3CC(C2)C1N(C=O)C3. The number of carbonyl (C=O) groups excluding carboxylic acids is 2. The first kappa shape index (κ1) is 9.19. The minimum atomic E-state index is -0.0369. The summed E-state index contributed by atoms with van der Waals surface area (Å²) in [5, 5.41) is 0. The molecular weight excluding hydrogens is 194 g/mol. The summed E-state index contributed by atoms with van der Waals surface area (Å²) in [7, 11) is 0. The molecule has 0 N–H and O–H groups in total. The van der Waals surface area contributed by atoms with Crippen molar-refractivity contribution >= 4 is 12.9 Å². The lowest BCUT2D eigenvalue weighted by Crippen LogP contribution is -2.49. The average molecular weight is 209 g/mol.